The van der Waals surface area contributed by atoms with E-state index in [1.165, 1.54) is 0 Å². The van der Waals surface area contributed by atoms with Crippen molar-refractivity contribution in [3.05, 3.63) is 16.4 Å². The molecule has 0 atom stereocenters. The maximum atomic E-state index is 12.3. The predicted octanol–water partition coefficient (Wildman–Crippen LogP) is 1.64. The first kappa shape index (κ1) is 10.8. The average Bonchev–Trinajstić information content (AvgIpc) is 2.75. The number of nitrogens with two attached hydrogens (primary N) is 1. The molecule has 1 aliphatic rings. The minimum atomic E-state index is -0.670. The van der Waals surface area contributed by atoms with E-state index in [4.69, 9.17) is 5.73 Å². The van der Waals surface area contributed by atoms with Crippen molar-refractivity contribution < 1.29 is 4.79 Å². The van der Waals surface area contributed by atoms with E-state index in [2.05, 4.69) is 21.0 Å². The number of hydrogen-bond acceptors (Lipinski definition) is 3. The zero-order valence-corrected chi connectivity index (χ0v) is 10.2. The third kappa shape index (κ3) is 1.74. The summed E-state index contributed by atoms with van der Waals surface area (Å²) < 4.78 is 2.31. The van der Waals surface area contributed by atoms with Crippen LogP contribution in [0, 0.1) is 0 Å². The normalized spacial score (nSPS) is 19.4. The second kappa shape index (κ2) is 3.72. The Bertz CT molecular complexity index is 374. The van der Waals surface area contributed by atoms with Crippen molar-refractivity contribution in [3.63, 3.8) is 0 Å². The van der Waals surface area contributed by atoms with Gasteiger partial charge >= 0.3 is 0 Å². The molecule has 82 valence electrons. The van der Waals surface area contributed by atoms with Gasteiger partial charge in [-0.1, -0.05) is 12.8 Å². The molecule has 0 aliphatic heterocycles. The largest absolute Gasteiger partial charge is 0.319 e. The number of hydrogen-bond donors (Lipinski definition) is 1. The van der Waals surface area contributed by atoms with Gasteiger partial charge in [-0.3, -0.25) is 9.48 Å². The van der Waals surface area contributed by atoms with E-state index in [0.29, 0.717) is 5.69 Å². The molecule has 0 bridgehead atoms. The van der Waals surface area contributed by atoms with Crippen molar-refractivity contribution in [2.75, 3.05) is 0 Å². The molecule has 5 heteroatoms. The molecule has 1 aliphatic carbocycles. The van der Waals surface area contributed by atoms with Crippen LogP contribution in [0.2, 0.25) is 0 Å². The van der Waals surface area contributed by atoms with E-state index < -0.39 is 5.54 Å². The third-order valence-corrected chi connectivity index (χ3v) is 3.64. The summed E-state index contributed by atoms with van der Waals surface area (Å²) in [7, 11) is 1.76. The molecule has 1 heterocycles. The third-order valence-electron chi connectivity index (χ3n) is 3.06. The first-order chi connectivity index (χ1) is 7.04. The van der Waals surface area contributed by atoms with Crippen LogP contribution >= 0.6 is 15.9 Å². The molecular formula is C10H14BrN3O. The van der Waals surface area contributed by atoms with Crippen molar-refractivity contribution in [3.8, 4) is 0 Å². The molecule has 0 unspecified atom stereocenters. The smallest absolute Gasteiger partial charge is 0.201 e. The number of nitrogens with zero attached hydrogens (tertiary/aromatic N) is 2. The molecule has 0 aromatic carbocycles. The van der Waals surface area contributed by atoms with Crippen LogP contribution in [0.5, 0.6) is 0 Å². The molecule has 2 N–H and O–H groups in total. The molecule has 1 aromatic heterocycles. The predicted molar refractivity (Wildman–Crippen MR) is 60.6 cm³/mol. The Morgan fingerprint density at radius 3 is 2.67 bits per heavy atom. The Morgan fingerprint density at radius 2 is 2.20 bits per heavy atom. The first-order valence-electron chi connectivity index (χ1n) is 5.06. The fraction of sp³-hybridized carbons (Fsp3) is 0.600. The number of Topliss-reactive ketones (excluding diaryl/α,β-unsaturated/α-hetero) is 1. The van der Waals surface area contributed by atoms with Gasteiger partial charge in [0, 0.05) is 7.05 Å². The van der Waals surface area contributed by atoms with Crippen LogP contribution in [-0.2, 0) is 7.05 Å². The van der Waals surface area contributed by atoms with Crippen LogP contribution in [0.25, 0.3) is 0 Å². The van der Waals surface area contributed by atoms with Gasteiger partial charge in [-0.05, 0) is 28.8 Å². The summed E-state index contributed by atoms with van der Waals surface area (Å²) in [6.45, 7) is 0. The van der Waals surface area contributed by atoms with Crippen LogP contribution in [0.1, 0.15) is 36.2 Å². The molecule has 0 saturated heterocycles. The summed E-state index contributed by atoms with van der Waals surface area (Å²) in [4.78, 5) is 12.3. The van der Waals surface area contributed by atoms with Crippen molar-refractivity contribution in [2.45, 2.75) is 31.2 Å². The van der Waals surface area contributed by atoms with Gasteiger partial charge in [0.1, 0.15) is 5.69 Å². The summed E-state index contributed by atoms with van der Waals surface area (Å²) in [5.74, 6) is 0.00637. The van der Waals surface area contributed by atoms with Crippen LogP contribution in [0.15, 0.2) is 10.7 Å². The Kier molecular flexibility index (Phi) is 2.68. The number of carbonyl (C=O) groups is 1. The van der Waals surface area contributed by atoms with Gasteiger partial charge in [-0.2, -0.15) is 5.10 Å². The van der Waals surface area contributed by atoms with Gasteiger partial charge in [-0.25, -0.2) is 0 Å². The van der Waals surface area contributed by atoms with Crippen LogP contribution in [-0.4, -0.2) is 21.1 Å². The number of ketones is 1. The summed E-state index contributed by atoms with van der Waals surface area (Å²) in [6, 6.07) is 0. The lowest BCUT2D eigenvalue weighted by molar-refractivity contribution is 0.0881. The molecule has 1 fully saturated rings. The highest BCUT2D eigenvalue weighted by Gasteiger charge is 2.39. The maximum Gasteiger partial charge on any atom is 0.201 e. The number of rotatable bonds is 2. The van der Waals surface area contributed by atoms with Crippen LogP contribution in [0.3, 0.4) is 0 Å². The molecule has 0 spiro atoms. The first-order valence-corrected chi connectivity index (χ1v) is 5.85. The lowest BCUT2D eigenvalue weighted by atomic mass is 9.91. The quantitative estimate of drug-likeness (QED) is 0.832. The summed E-state index contributed by atoms with van der Waals surface area (Å²) in [5.41, 5.74) is 6.03. The molecule has 1 aromatic rings. The summed E-state index contributed by atoms with van der Waals surface area (Å²) in [6.07, 6.45) is 5.27. The molecule has 2 rings (SSSR count). The topological polar surface area (TPSA) is 60.9 Å². The van der Waals surface area contributed by atoms with Crippen molar-refractivity contribution in [1.82, 2.24) is 9.78 Å². The van der Waals surface area contributed by atoms with E-state index in [1.54, 1.807) is 17.9 Å². The summed E-state index contributed by atoms with van der Waals surface area (Å²) in [5, 5.41) is 4.03. The number of aryl methyl sites for hydroxylation is 1. The van der Waals surface area contributed by atoms with Gasteiger partial charge < -0.3 is 5.73 Å². The number of halogens is 1. The van der Waals surface area contributed by atoms with E-state index in [0.717, 1.165) is 30.2 Å². The van der Waals surface area contributed by atoms with Crippen molar-refractivity contribution >= 4 is 21.7 Å². The van der Waals surface area contributed by atoms with Gasteiger partial charge in [0.05, 0.1) is 16.2 Å². The molecule has 1 saturated carbocycles. The van der Waals surface area contributed by atoms with E-state index in [-0.39, 0.29) is 5.78 Å². The number of aromatic nitrogens is 2. The van der Waals surface area contributed by atoms with Crippen LogP contribution < -0.4 is 5.73 Å². The Hall–Kier alpha value is -0.680. The fourth-order valence-electron chi connectivity index (χ4n) is 2.13. The highest BCUT2D eigenvalue weighted by molar-refractivity contribution is 9.10. The Morgan fingerprint density at radius 1 is 1.60 bits per heavy atom. The maximum absolute atomic E-state index is 12.3. The molecule has 15 heavy (non-hydrogen) atoms. The molecule has 0 amide bonds. The standard InChI is InChI=1S/C10H14BrN3O/c1-14-8(7(11)6-13-14)9(15)10(12)4-2-3-5-10/h6H,2-5,12H2,1H3. The van der Waals surface area contributed by atoms with E-state index in [9.17, 15) is 4.79 Å². The van der Waals surface area contributed by atoms with Gasteiger partial charge in [0.15, 0.2) is 0 Å². The van der Waals surface area contributed by atoms with Gasteiger partial charge in [0.2, 0.25) is 5.78 Å². The fourth-order valence-corrected chi connectivity index (χ4v) is 2.66. The average molecular weight is 272 g/mol. The Balaban J connectivity index is 2.35. The van der Waals surface area contributed by atoms with Crippen molar-refractivity contribution in [2.24, 2.45) is 12.8 Å². The summed E-state index contributed by atoms with van der Waals surface area (Å²) >= 11 is 3.33. The van der Waals surface area contributed by atoms with Crippen LogP contribution in [0.4, 0.5) is 0 Å². The lowest BCUT2D eigenvalue weighted by Gasteiger charge is -2.21. The monoisotopic (exact) mass is 271 g/mol. The zero-order chi connectivity index (χ0) is 11.1. The van der Waals surface area contributed by atoms with Crippen molar-refractivity contribution in [1.29, 1.82) is 0 Å². The van der Waals surface area contributed by atoms with E-state index in [1.807, 2.05) is 0 Å². The second-order valence-electron chi connectivity index (χ2n) is 4.16. The zero-order valence-electron chi connectivity index (χ0n) is 8.66. The SMILES string of the molecule is Cn1ncc(Br)c1C(=O)C1(N)CCCC1. The highest BCUT2D eigenvalue weighted by Crippen LogP contribution is 2.32. The Labute approximate surface area is 97.0 Å². The van der Waals surface area contributed by atoms with Gasteiger partial charge in [0.25, 0.3) is 0 Å². The number of carbonyl (C=O) groups excluding carboxylic acids is 1. The molecule has 4 nitrogen and oxygen atoms in total. The minimum absolute atomic E-state index is 0.00637. The highest BCUT2D eigenvalue weighted by atomic mass is 79.9. The van der Waals surface area contributed by atoms with Gasteiger partial charge in [-0.15, -0.1) is 0 Å². The van der Waals surface area contributed by atoms with E-state index >= 15 is 0 Å². The molecular weight excluding hydrogens is 258 g/mol. The minimum Gasteiger partial charge on any atom is -0.319 e. The lowest BCUT2D eigenvalue weighted by Crippen LogP contribution is -2.46. The second-order valence-corrected chi connectivity index (χ2v) is 5.01. The molecule has 0 radical (unpaired) electrons.